The van der Waals surface area contributed by atoms with Gasteiger partial charge in [-0.05, 0) is 67.0 Å². The van der Waals surface area contributed by atoms with E-state index < -0.39 is 11.4 Å². The maximum absolute atomic E-state index is 12.8. The number of carbonyl (C=O) groups excluding carboxylic acids is 2. The van der Waals surface area contributed by atoms with E-state index in [1.54, 1.807) is 12.1 Å². The average Bonchev–Trinajstić information content (AvgIpc) is 2.96. The number of methoxy groups -OCH3 is 1. The molecule has 2 aromatic carbocycles. The van der Waals surface area contributed by atoms with Gasteiger partial charge in [0, 0.05) is 22.0 Å². The van der Waals surface area contributed by atoms with Crippen LogP contribution in [0.5, 0.6) is 0 Å². The van der Waals surface area contributed by atoms with Gasteiger partial charge in [0.25, 0.3) is 0 Å². The van der Waals surface area contributed by atoms with Crippen LogP contribution in [0.3, 0.4) is 0 Å². The summed E-state index contributed by atoms with van der Waals surface area (Å²) >= 11 is 12.8. The Bertz CT molecular complexity index is 990. The number of nitrogens with one attached hydrogen (secondary N) is 1. The van der Waals surface area contributed by atoms with Crippen LogP contribution in [0.25, 0.3) is 0 Å². The lowest BCUT2D eigenvalue weighted by Crippen LogP contribution is -2.42. The molecule has 1 aliphatic heterocycles. The number of esters is 1. The zero-order valence-electron chi connectivity index (χ0n) is 17.2. The normalized spacial score (nSPS) is 30.5. The fourth-order valence-electron chi connectivity index (χ4n) is 5.58. The van der Waals surface area contributed by atoms with Crippen LogP contribution >= 0.6 is 23.2 Å². The van der Waals surface area contributed by atoms with Crippen LogP contribution in [0.1, 0.15) is 60.0 Å². The third-order valence-corrected chi connectivity index (χ3v) is 7.60. The summed E-state index contributed by atoms with van der Waals surface area (Å²) in [5.41, 5.74) is 2.16. The second-order valence-electron chi connectivity index (χ2n) is 8.66. The molecular formula is C24H25Cl2NO3. The van der Waals surface area contributed by atoms with Crippen molar-refractivity contribution in [1.29, 1.82) is 0 Å². The molecule has 0 bridgehead atoms. The lowest BCUT2D eigenvalue weighted by molar-refractivity contribution is -0.129. The number of benzene rings is 2. The van der Waals surface area contributed by atoms with Crippen molar-refractivity contribution in [2.75, 3.05) is 7.11 Å². The lowest BCUT2D eigenvalue weighted by Gasteiger charge is -2.46. The van der Waals surface area contributed by atoms with Crippen molar-refractivity contribution in [3.05, 3.63) is 69.2 Å². The topological polar surface area (TPSA) is 55.4 Å². The number of ether oxygens (including phenoxy) is 1. The quantitative estimate of drug-likeness (QED) is 0.626. The van der Waals surface area contributed by atoms with Gasteiger partial charge in [-0.3, -0.25) is 4.79 Å². The van der Waals surface area contributed by atoms with Crippen molar-refractivity contribution in [2.45, 2.75) is 44.6 Å². The number of carbonyl (C=O) groups is 2. The third kappa shape index (κ3) is 3.40. The molecule has 1 heterocycles. The van der Waals surface area contributed by atoms with Crippen molar-refractivity contribution < 1.29 is 14.3 Å². The van der Waals surface area contributed by atoms with E-state index in [1.165, 1.54) is 7.11 Å². The molecule has 2 aromatic rings. The largest absolute Gasteiger partial charge is 0.465 e. The summed E-state index contributed by atoms with van der Waals surface area (Å²) < 4.78 is 4.82. The van der Waals surface area contributed by atoms with Crippen LogP contribution in [-0.4, -0.2) is 25.0 Å². The van der Waals surface area contributed by atoms with E-state index in [2.05, 4.69) is 31.3 Å². The minimum Gasteiger partial charge on any atom is -0.465 e. The van der Waals surface area contributed by atoms with Crippen LogP contribution in [0, 0.1) is 11.3 Å². The van der Waals surface area contributed by atoms with E-state index in [4.69, 9.17) is 27.9 Å². The van der Waals surface area contributed by atoms with Gasteiger partial charge in [-0.15, -0.1) is 0 Å². The molecule has 0 spiro atoms. The number of halogens is 2. The van der Waals surface area contributed by atoms with E-state index in [-0.39, 0.29) is 29.7 Å². The first-order valence-electron chi connectivity index (χ1n) is 10.2. The standard InChI is InChI=1S/C24H25Cl2NO3/c1-13-21-20(14-4-7-16(25)8-5-14)18(10-11-24(21,2)23(29)27-13)17-9-6-15(12-19(17)26)22(28)30-3/h4-9,12-13,18,20-21H,10-11H2,1-3H3,(H,27,29)/t13-,18+,20+,21+,24-/m1/s1. The summed E-state index contributed by atoms with van der Waals surface area (Å²) in [6.07, 6.45) is 1.62. The predicted molar refractivity (Wildman–Crippen MR) is 118 cm³/mol. The van der Waals surface area contributed by atoms with Crippen molar-refractivity contribution >= 4 is 35.1 Å². The van der Waals surface area contributed by atoms with Crippen molar-refractivity contribution in [1.82, 2.24) is 5.32 Å². The highest BCUT2D eigenvalue weighted by Crippen LogP contribution is 2.59. The Hall–Kier alpha value is -2.04. The van der Waals surface area contributed by atoms with Crippen molar-refractivity contribution in [3.8, 4) is 0 Å². The highest BCUT2D eigenvalue weighted by Gasteiger charge is 2.57. The molecule has 1 saturated carbocycles. The fourth-order valence-corrected chi connectivity index (χ4v) is 6.03. The third-order valence-electron chi connectivity index (χ3n) is 7.02. The molecule has 4 nitrogen and oxygen atoms in total. The second-order valence-corrected chi connectivity index (χ2v) is 9.50. The Labute approximate surface area is 186 Å². The van der Waals surface area contributed by atoms with Gasteiger partial charge >= 0.3 is 5.97 Å². The molecule has 0 radical (unpaired) electrons. The average molecular weight is 446 g/mol. The number of hydrogen-bond donors (Lipinski definition) is 1. The van der Waals surface area contributed by atoms with Gasteiger partial charge in [0.2, 0.25) is 5.91 Å². The Morgan fingerprint density at radius 3 is 2.50 bits per heavy atom. The molecule has 2 aliphatic rings. The maximum Gasteiger partial charge on any atom is 0.337 e. The molecule has 30 heavy (non-hydrogen) atoms. The lowest BCUT2D eigenvalue weighted by atomic mass is 9.56. The molecule has 0 unspecified atom stereocenters. The Morgan fingerprint density at radius 1 is 1.17 bits per heavy atom. The fraction of sp³-hybridized carbons (Fsp3) is 0.417. The first kappa shape index (κ1) is 21.2. The van der Waals surface area contributed by atoms with E-state index in [0.29, 0.717) is 15.6 Å². The van der Waals surface area contributed by atoms with Gasteiger partial charge in [-0.25, -0.2) is 4.79 Å². The minimum absolute atomic E-state index is 0.0547. The molecule has 1 N–H and O–H groups in total. The SMILES string of the molecule is COC(=O)c1ccc([C@@H]2CC[C@@]3(C)C(=O)N[C@H](C)[C@H]3[C@H]2c2ccc(Cl)cc2)c(Cl)c1. The van der Waals surface area contributed by atoms with Gasteiger partial charge < -0.3 is 10.1 Å². The van der Waals surface area contributed by atoms with Gasteiger partial charge in [0.1, 0.15) is 0 Å². The molecule has 1 aliphatic carbocycles. The molecule has 6 heteroatoms. The smallest absolute Gasteiger partial charge is 0.337 e. The monoisotopic (exact) mass is 445 g/mol. The number of hydrogen-bond acceptors (Lipinski definition) is 3. The summed E-state index contributed by atoms with van der Waals surface area (Å²) in [5, 5.41) is 4.40. The molecule has 4 rings (SSSR count). The Kier molecular flexibility index (Phi) is 5.58. The van der Waals surface area contributed by atoms with Crippen molar-refractivity contribution in [3.63, 3.8) is 0 Å². The highest BCUT2D eigenvalue weighted by atomic mass is 35.5. The first-order chi connectivity index (χ1) is 14.3. The van der Waals surface area contributed by atoms with E-state index in [9.17, 15) is 9.59 Å². The van der Waals surface area contributed by atoms with Gasteiger partial charge in [0.15, 0.2) is 0 Å². The Balaban J connectivity index is 1.81. The van der Waals surface area contributed by atoms with E-state index in [1.807, 2.05) is 18.2 Å². The zero-order chi connectivity index (χ0) is 21.6. The Morgan fingerprint density at radius 2 is 1.87 bits per heavy atom. The molecule has 158 valence electrons. The van der Waals surface area contributed by atoms with Crippen molar-refractivity contribution in [2.24, 2.45) is 11.3 Å². The predicted octanol–water partition coefficient (Wildman–Crippen LogP) is 5.58. The molecule has 2 fully saturated rings. The van der Waals surface area contributed by atoms with Gasteiger partial charge in [0.05, 0.1) is 18.1 Å². The minimum atomic E-state index is -0.418. The van der Waals surface area contributed by atoms with E-state index >= 15 is 0 Å². The van der Waals surface area contributed by atoms with Crippen LogP contribution in [0.15, 0.2) is 42.5 Å². The van der Waals surface area contributed by atoms with Crippen LogP contribution < -0.4 is 5.32 Å². The van der Waals surface area contributed by atoms with Crippen LogP contribution in [0.2, 0.25) is 10.0 Å². The number of fused-ring (bicyclic) bond motifs is 1. The summed E-state index contributed by atoms with van der Waals surface area (Å²) in [5.74, 6) is 0.0639. The van der Waals surface area contributed by atoms with E-state index in [0.717, 1.165) is 24.0 Å². The molecule has 0 aromatic heterocycles. The summed E-state index contributed by atoms with van der Waals surface area (Å²) in [7, 11) is 1.36. The molecule has 5 atom stereocenters. The number of amides is 1. The summed E-state index contributed by atoms with van der Waals surface area (Å²) in [4.78, 5) is 24.7. The summed E-state index contributed by atoms with van der Waals surface area (Å²) in [6, 6.07) is 13.3. The van der Waals surface area contributed by atoms with Crippen LogP contribution in [0.4, 0.5) is 0 Å². The highest BCUT2D eigenvalue weighted by molar-refractivity contribution is 6.31. The second kappa shape index (κ2) is 7.90. The molecule has 1 amide bonds. The molecular weight excluding hydrogens is 421 g/mol. The first-order valence-corrected chi connectivity index (χ1v) is 11.0. The van der Waals surface area contributed by atoms with Gasteiger partial charge in [-0.1, -0.05) is 48.3 Å². The number of rotatable bonds is 3. The zero-order valence-corrected chi connectivity index (χ0v) is 18.8. The van der Waals surface area contributed by atoms with Gasteiger partial charge in [-0.2, -0.15) is 0 Å². The van der Waals surface area contributed by atoms with Crippen LogP contribution in [-0.2, 0) is 9.53 Å². The maximum atomic E-state index is 12.8. The summed E-state index contributed by atoms with van der Waals surface area (Å²) in [6.45, 7) is 4.17. The molecule has 1 saturated heterocycles.